The molecular formula is C15H23ClN2. The summed E-state index contributed by atoms with van der Waals surface area (Å²) in [5.41, 5.74) is 2.38. The highest BCUT2D eigenvalue weighted by atomic mass is 35.5. The third-order valence-electron chi connectivity index (χ3n) is 4.11. The van der Waals surface area contributed by atoms with Crippen molar-refractivity contribution in [1.29, 1.82) is 0 Å². The Morgan fingerprint density at radius 1 is 1.50 bits per heavy atom. The SMILES string of the molecule is CNC(C)c1ccc(N(C)CC2CC2C)cc1Cl. The van der Waals surface area contributed by atoms with Crippen LogP contribution in [0.2, 0.25) is 5.02 Å². The van der Waals surface area contributed by atoms with E-state index in [-0.39, 0.29) is 0 Å². The van der Waals surface area contributed by atoms with Crippen LogP contribution in [0, 0.1) is 11.8 Å². The number of hydrogen-bond donors (Lipinski definition) is 1. The molecule has 1 fully saturated rings. The van der Waals surface area contributed by atoms with Crippen LogP contribution in [0.1, 0.15) is 31.9 Å². The minimum Gasteiger partial charge on any atom is -0.374 e. The first-order valence-corrected chi connectivity index (χ1v) is 7.08. The molecule has 2 rings (SSSR count). The predicted molar refractivity (Wildman–Crippen MR) is 79.5 cm³/mol. The highest BCUT2D eigenvalue weighted by molar-refractivity contribution is 6.31. The second-order valence-corrected chi connectivity index (χ2v) is 5.98. The van der Waals surface area contributed by atoms with Gasteiger partial charge in [-0.15, -0.1) is 0 Å². The molecule has 1 N–H and O–H groups in total. The van der Waals surface area contributed by atoms with E-state index in [9.17, 15) is 0 Å². The smallest absolute Gasteiger partial charge is 0.0474 e. The zero-order chi connectivity index (χ0) is 13.3. The zero-order valence-electron chi connectivity index (χ0n) is 11.7. The van der Waals surface area contributed by atoms with Crippen molar-refractivity contribution in [2.45, 2.75) is 26.3 Å². The Labute approximate surface area is 115 Å². The maximum absolute atomic E-state index is 6.36. The molecule has 0 aromatic heterocycles. The first-order chi connectivity index (χ1) is 8.52. The van der Waals surface area contributed by atoms with Gasteiger partial charge in [0.1, 0.15) is 0 Å². The summed E-state index contributed by atoms with van der Waals surface area (Å²) in [6.45, 7) is 5.58. The maximum Gasteiger partial charge on any atom is 0.0474 e. The van der Waals surface area contributed by atoms with Crippen molar-refractivity contribution < 1.29 is 0 Å². The monoisotopic (exact) mass is 266 g/mol. The highest BCUT2D eigenvalue weighted by Gasteiger charge is 2.33. The van der Waals surface area contributed by atoms with Crippen LogP contribution in [0.4, 0.5) is 5.69 Å². The fourth-order valence-electron chi connectivity index (χ4n) is 2.37. The number of benzene rings is 1. The van der Waals surface area contributed by atoms with Gasteiger partial charge in [-0.25, -0.2) is 0 Å². The van der Waals surface area contributed by atoms with E-state index in [1.54, 1.807) is 0 Å². The maximum atomic E-state index is 6.36. The Hall–Kier alpha value is -0.730. The molecule has 3 unspecified atom stereocenters. The topological polar surface area (TPSA) is 15.3 Å². The molecule has 1 aliphatic carbocycles. The van der Waals surface area contributed by atoms with E-state index in [1.165, 1.54) is 12.1 Å². The van der Waals surface area contributed by atoms with Crippen LogP contribution in [0.3, 0.4) is 0 Å². The van der Waals surface area contributed by atoms with Crippen molar-refractivity contribution in [1.82, 2.24) is 5.32 Å². The Morgan fingerprint density at radius 3 is 2.67 bits per heavy atom. The Balaban J connectivity index is 2.07. The lowest BCUT2D eigenvalue weighted by Crippen LogP contribution is -2.20. The number of anilines is 1. The van der Waals surface area contributed by atoms with Crippen LogP contribution in [0.5, 0.6) is 0 Å². The first-order valence-electron chi connectivity index (χ1n) is 6.70. The summed E-state index contributed by atoms with van der Waals surface area (Å²) < 4.78 is 0. The van der Waals surface area contributed by atoms with E-state index in [2.05, 4.69) is 49.3 Å². The molecule has 1 aromatic rings. The number of hydrogen-bond acceptors (Lipinski definition) is 2. The number of halogens is 1. The summed E-state index contributed by atoms with van der Waals surface area (Å²) >= 11 is 6.36. The summed E-state index contributed by atoms with van der Waals surface area (Å²) in [7, 11) is 4.10. The van der Waals surface area contributed by atoms with Gasteiger partial charge in [-0.05, 0) is 49.9 Å². The van der Waals surface area contributed by atoms with Crippen molar-refractivity contribution in [3.63, 3.8) is 0 Å². The largest absolute Gasteiger partial charge is 0.374 e. The second-order valence-electron chi connectivity index (χ2n) is 5.57. The predicted octanol–water partition coefficient (Wildman–Crippen LogP) is 3.71. The van der Waals surface area contributed by atoms with Gasteiger partial charge in [0.2, 0.25) is 0 Å². The fourth-order valence-corrected chi connectivity index (χ4v) is 2.71. The van der Waals surface area contributed by atoms with E-state index in [0.717, 1.165) is 29.0 Å². The minimum atomic E-state index is 0.292. The van der Waals surface area contributed by atoms with Gasteiger partial charge < -0.3 is 10.2 Å². The lowest BCUT2D eigenvalue weighted by molar-refractivity contribution is 0.652. The van der Waals surface area contributed by atoms with E-state index < -0.39 is 0 Å². The quantitative estimate of drug-likeness (QED) is 0.874. The normalized spacial score (nSPS) is 23.8. The molecule has 3 atom stereocenters. The summed E-state index contributed by atoms with van der Waals surface area (Å²) in [5.74, 6) is 1.76. The molecule has 0 bridgehead atoms. The first kappa shape index (κ1) is 13.7. The lowest BCUT2D eigenvalue weighted by Gasteiger charge is -2.21. The molecule has 1 aromatic carbocycles. The molecule has 0 amide bonds. The molecule has 3 heteroatoms. The molecule has 0 spiro atoms. The fraction of sp³-hybridized carbons (Fsp3) is 0.600. The molecule has 18 heavy (non-hydrogen) atoms. The Kier molecular flexibility index (Phi) is 4.18. The van der Waals surface area contributed by atoms with Gasteiger partial charge >= 0.3 is 0 Å². The van der Waals surface area contributed by atoms with Gasteiger partial charge in [-0.3, -0.25) is 0 Å². The van der Waals surface area contributed by atoms with Crippen molar-refractivity contribution in [3.05, 3.63) is 28.8 Å². The van der Waals surface area contributed by atoms with Gasteiger partial charge in [-0.2, -0.15) is 0 Å². The third-order valence-corrected chi connectivity index (χ3v) is 4.44. The molecule has 2 nitrogen and oxygen atoms in total. The standard InChI is InChI=1S/C15H23ClN2/c1-10-7-12(10)9-18(4)13-5-6-14(11(2)17-3)15(16)8-13/h5-6,8,10-12,17H,7,9H2,1-4H3. The molecule has 0 heterocycles. The van der Waals surface area contributed by atoms with Crippen LogP contribution < -0.4 is 10.2 Å². The van der Waals surface area contributed by atoms with Crippen molar-refractivity contribution in [2.24, 2.45) is 11.8 Å². The lowest BCUT2D eigenvalue weighted by atomic mass is 10.1. The van der Waals surface area contributed by atoms with Gasteiger partial charge in [0.15, 0.2) is 0 Å². The van der Waals surface area contributed by atoms with E-state index in [1.807, 2.05) is 7.05 Å². The number of nitrogens with one attached hydrogen (secondary N) is 1. The molecule has 0 radical (unpaired) electrons. The van der Waals surface area contributed by atoms with Crippen LogP contribution in [0.15, 0.2) is 18.2 Å². The van der Waals surface area contributed by atoms with Crippen molar-refractivity contribution in [3.8, 4) is 0 Å². The number of rotatable bonds is 5. The molecule has 100 valence electrons. The second kappa shape index (κ2) is 5.50. The minimum absolute atomic E-state index is 0.292. The van der Waals surface area contributed by atoms with E-state index in [4.69, 9.17) is 11.6 Å². The van der Waals surface area contributed by atoms with Crippen LogP contribution in [0.25, 0.3) is 0 Å². The van der Waals surface area contributed by atoms with Gasteiger partial charge in [-0.1, -0.05) is 24.6 Å². The molecular weight excluding hydrogens is 244 g/mol. The summed E-state index contributed by atoms with van der Waals surface area (Å²) in [6, 6.07) is 6.67. The molecule has 1 saturated carbocycles. The Bertz CT molecular complexity index is 419. The summed E-state index contributed by atoms with van der Waals surface area (Å²) in [6.07, 6.45) is 1.37. The van der Waals surface area contributed by atoms with Crippen LogP contribution in [-0.4, -0.2) is 20.6 Å². The molecule has 0 saturated heterocycles. The average molecular weight is 267 g/mol. The van der Waals surface area contributed by atoms with Gasteiger partial charge in [0.05, 0.1) is 0 Å². The number of nitrogens with zero attached hydrogens (tertiary/aromatic N) is 1. The van der Waals surface area contributed by atoms with Crippen molar-refractivity contribution >= 4 is 17.3 Å². The van der Waals surface area contributed by atoms with E-state index >= 15 is 0 Å². The van der Waals surface area contributed by atoms with Crippen LogP contribution >= 0.6 is 11.6 Å². The third kappa shape index (κ3) is 2.99. The summed E-state index contributed by atoms with van der Waals surface area (Å²) in [4.78, 5) is 2.31. The average Bonchev–Trinajstić information content (AvgIpc) is 3.03. The molecule has 0 aliphatic heterocycles. The van der Waals surface area contributed by atoms with E-state index in [0.29, 0.717) is 6.04 Å². The molecule has 1 aliphatic rings. The Morgan fingerprint density at radius 2 is 2.17 bits per heavy atom. The zero-order valence-corrected chi connectivity index (χ0v) is 12.5. The van der Waals surface area contributed by atoms with Gasteiger partial charge in [0.25, 0.3) is 0 Å². The van der Waals surface area contributed by atoms with Crippen molar-refractivity contribution in [2.75, 3.05) is 25.5 Å². The highest BCUT2D eigenvalue weighted by Crippen LogP contribution is 2.39. The van der Waals surface area contributed by atoms with Crippen LogP contribution in [-0.2, 0) is 0 Å². The van der Waals surface area contributed by atoms with Gasteiger partial charge in [0, 0.05) is 30.3 Å². The summed E-state index contributed by atoms with van der Waals surface area (Å²) in [5, 5.41) is 4.07.